The number of hydrogen-bond acceptors (Lipinski definition) is 2. The van der Waals surface area contributed by atoms with Crippen LogP contribution in [-0.4, -0.2) is 37.1 Å². The van der Waals surface area contributed by atoms with Crippen molar-refractivity contribution in [1.82, 2.24) is 10.2 Å². The first-order valence-electron chi connectivity index (χ1n) is 9.14. The summed E-state index contributed by atoms with van der Waals surface area (Å²) >= 11 is 0. The molecule has 2 atom stereocenters. The van der Waals surface area contributed by atoms with E-state index in [0.717, 1.165) is 12.0 Å². The molecule has 2 aliphatic carbocycles. The van der Waals surface area contributed by atoms with Crippen molar-refractivity contribution >= 4 is 0 Å². The lowest BCUT2D eigenvalue weighted by Gasteiger charge is -2.44. The van der Waals surface area contributed by atoms with E-state index in [2.05, 4.69) is 31.0 Å². The third-order valence-electron chi connectivity index (χ3n) is 5.22. The molecule has 0 spiro atoms. The summed E-state index contributed by atoms with van der Waals surface area (Å²) in [6.07, 6.45) is 11.3. The van der Waals surface area contributed by atoms with E-state index in [0.29, 0.717) is 5.41 Å². The Labute approximate surface area is 126 Å². The maximum absolute atomic E-state index is 3.75. The molecule has 0 aromatic heterocycles. The number of nitrogens with one attached hydrogen (secondary N) is 1. The van der Waals surface area contributed by atoms with Crippen LogP contribution in [0.1, 0.15) is 72.1 Å². The molecule has 0 heterocycles. The average molecular weight is 280 g/mol. The van der Waals surface area contributed by atoms with Gasteiger partial charge in [-0.05, 0) is 62.9 Å². The van der Waals surface area contributed by atoms with E-state index in [-0.39, 0.29) is 0 Å². The molecule has 2 nitrogen and oxygen atoms in total. The fourth-order valence-corrected chi connectivity index (χ4v) is 4.21. The van der Waals surface area contributed by atoms with Crippen LogP contribution in [0, 0.1) is 11.3 Å². The summed E-state index contributed by atoms with van der Waals surface area (Å²) in [5, 5.41) is 3.75. The van der Waals surface area contributed by atoms with E-state index >= 15 is 0 Å². The molecular formula is C18H36N2. The van der Waals surface area contributed by atoms with Crippen molar-refractivity contribution in [2.45, 2.75) is 78.2 Å². The molecule has 2 aliphatic rings. The largest absolute Gasteiger partial charge is 0.316 e. The van der Waals surface area contributed by atoms with E-state index < -0.39 is 0 Å². The molecule has 0 saturated heterocycles. The Morgan fingerprint density at radius 1 is 1.15 bits per heavy atom. The summed E-state index contributed by atoms with van der Waals surface area (Å²) < 4.78 is 0. The van der Waals surface area contributed by atoms with Crippen molar-refractivity contribution in [3.63, 3.8) is 0 Å². The Kier molecular flexibility index (Phi) is 6.35. The van der Waals surface area contributed by atoms with Gasteiger partial charge in [0.05, 0.1) is 0 Å². The zero-order chi connectivity index (χ0) is 14.4. The van der Waals surface area contributed by atoms with Crippen LogP contribution in [0.2, 0.25) is 0 Å². The quantitative estimate of drug-likeness (QED) is 0.641. The Hall–Kier alpha value is -0.0800. The van der Waals surface area contributed by atoms with Gasteiger partial charge in [-0.15, -0.1) is 0 Å². The first kappa shape index (κ1) is 16.3. The lowest BCUT2D eigenvalue weighted by Crippen LogP contribution is -2.47. The molecule has 2 fully saturated rings. The van der Waals surface area contributed by atoms with E-state index in [9.17, 15) is 0 Å². The average Bonchev–Trinajstić information content (AvgIpc) is 3.23. The van der Waals surface area contributed by atoms with Gasteiger partial charge in [0.2, 0.25) is 0 Å². The molecule has 0 aromatic rings. The molecule has 0 amide bonds. The Bertz CT molecular complexity index is 275. The van der Waals surface area contributed by atoms with Crippen molar-refractivity contribution in [2.75, 3.05) is 26.2 Å². The normalized spacial score (nSPS) is 30.9. The van der Waals surface area contributed by atoms with Gasteiger partial charge in [0.25, 0.3) is 0 Å². The zero-order valence-electron chi connectivity index (χ0n) is 14.1. The Morgan fingerprint density at radius 3 is 2.55 bits per heavy atom. The monoisotopic (exact) mass is 280 g/mol. The molecule has 0 bridgehead atoms. The lowest BCUT2D eigenvalue weighted by atomic mass is 9.69. The molecule has 20 heavy (non-hydrogen) atoms. The van der Waals surface area contributed by atoms with Crippen LogP contribution in [0.25, 0.3) is 0 Å². The molecular weight excluding hydrogens is 244 g/mol. The van der Waals surface area contributed by atoms with Crippen LogP contribution in [0.15, 0.2) is 0 Å². The van der Waals surface area contributed by atoms with Gasteiger partial charge in [0.15, 0.2) is 0 Å². The number of nitrogens with zero attached hydrogens (tertiary/aromatic N) is 1. The Morgan fingerprint density at radius 2 is 1.95 bits per heavy atom. The molecule has 2 saturated carbocycles. The summed E-state index contributed by atoms with van der Waals surface area (Å²) in [6.45, 7) is 12.2. The van der Waals surface area contributed by atoms with Crippen LogP contribution in [-0.2, 0) is 0 Å². The maximum atomic E-state index is 3.75. The van der Waals surface area contributed by atoms with Crippen LogP contribution in [0.3, 0.4) is 0 Å². The summed E-state index contributed by atoms with van der Waals surface area (Å²) in [7, 11) is 0. The highest BCUT2D eigenvalue weighted by atomic mass is 15.2. The molecule has 118 valence electrons. The minimum atomic E-state index is 0.560. The van der Waals surface area contributed by atoms with E-state index in [4.69, 9.17) is 0 Å². The van der Waals surface area contributed by atoms with Crippen molar-refractivity contribution < 1.29 is 0 Å². The van der Waals surface area contributed by atoms with Crippen molar-refractivity contribution in [3.8, 4) is 0 Å². The van der Waals surface area contributed by atoms with Gasteiger partial charge < -0.3 is 5.32 Å². The second-order valence-corrected chi connectivity index (χ2v) is 7.58. The zero-order valence-corrected chi connectivity index (χ0v) is 14.1. The molecule has 0 aliphatic heterocycles. The molecule has 0 radical (unpaired) electrons. The minimum absolute atomic E-state index is 0.560. The third-order valence-corrected chi connectivity index (χ3v) is 5.22. The second-order valence-electron chi connectivity index (χ2n) is 7.58. The highest BCUT2D eigenvalue weighted by Gasteiger charge is 2.39. The maximum Gasteiger partial charge on any atom is 0.00966 e. The second kappa shape index (κ2) is 7.79. The highest BCUT2D eigenvalue weighted by Crippen LogP contribution is 2.41. The van der Waals surface area contributed by atoms with Crippen LogP contribution >= 0.6 is 0 Å². The highest BCUT2D eigenvalue weighted by molar-refractivity contribution is 4.94. The van der Waals surface area contributed by atoms with Gasteiger partial charge in [-0.3, -0.25) is 4.90 Å². The van der Waals surface area contributed by atoms with Crippen molar-refractivity contribution in [3.05, 3.63) is 0 Å². The third kappa shape index (κ3) is 4.73. The number of rotatable bonds is 9. The summed E-state index contributed by atoms with van der Waals surface area (Å²) in [4.78, 5) is 2.83. The van der Waals surface area contributed by atoms with Gasteiger partial charge in [0.1, 0.15) is 0 Å². The smallest absolute Gasteiger partial charge is 0.00966 e. The van der Waals surface area contributed by atoms with Gasteiger partial charge in [0, 0.05) is 19.1 Å². The van der Waals surface area contributed by atoms with Crippen molar-refractivity contribution in [2.24, 2.45) is 11.3 Å². The minimum Gasteiger partial charge on any atom is -0.316 e. The first-order chi connectivity index (χ1) is 9.69. The van der Waals surface area contributed by atoms with Gasteiger partial charge in [-0.2, -0.15) is 0 Å². The fraction of sp³-hybridized carbons (Fsp3) is 1.00. The van der Waals surface area contributed by atoms with Gasteiger partial charge in [-0.25, -0.2) is 0 Å². The molecule has 0 aromatic carbocycles. The first-order valence-corrected chi connectivity index (χ1v) is 9.14. The summed E-state index contributed by atoms with van der Waals surface area (Å²) in [6, 6.07) is 0.926. The predicted molar refractivity (Wildman–Crippen MR) is 88.1 cm³/mol. The molecule has 1 N–H and O–H groups in total. The van der Waals surface area contributed by atoms with Crippen LogP contribution in [0.4, 0.5) is 0 Å². The lowest BCUT2D eigenvalue weighted by molar-refractivity contribution is 0.0759. The summed E-state index contributed by atoms with van der Waals surface area (Å²) in [5.41, 5.74) is 0.560. The van der Waals surface area contributed by atoms with E-state index in [1.807, 2.05) is 0 Å². The van der Waals surface area contributed by atoms with Crippen molar-refractivity contribution in [1.29, 1.82) is 0 Å². The van der Waals surface area contributed by atoms with E-state index in [1.54, 1.807) is 0 Å². The molecule has 2 unspecified atom stereocenters. The molecule has 2 heteroatoms. The fourth-order valence-electron chi connectivity index (χ4n) is 4.21. The molecule has 2 rings (SSSR count). The van der Waals surface area contributed by atoms with Gasteiger partial charge >= 0.3 is 0 Å². The van der Waals surface area contributed by atoms with Crippen LogP contribution < -0.4 is 5.32 Å². The SMILES string of the molecule is CCCNCC1(CN(CCC)C2CC2)CCCC(C)C1. The standard InChI is InChI=1S/C18H36N2/c1-4-11-19-14-18(10-6-7-16(3)13-18)15-20(12-5-2)17-8-9-17/h16-17,19H,4-15H2,1-3H3. The topological polar surface area (TPSA) is 15.3 Å². The van der Waals surface area contributed by atoms with Gasteiger partial charge in [-0.1, -0.05) is 33.6 Å². The Balaban J connectivity index is 1.96. The van der Waals surface area contributed by atoms with Crippen LogP contribution in [0.5, 0.6) is 0 Å². The summed E-state index contributed by atoms with van der Waals surface area (Å²) in [5.74, 6) is 0.926. The predicted octanol–water partition coefficient (Wildman–Crippen LogP) is 4.06. The van der Waals surface area contributed by atoms with E-state index in [1.165, 1.54) is 77.5 Å². The number of hydrogen-bond donors (Lipinski definition) is 1.